The highest BCUT2D eigenvalue weighted by atomic mass is 19.4. The number of carbonyl (C=O) groups excluding carboxylic acids is 1. The first-order valence-corrected chi connectivity index (χ1v) is 8.95. The molecule has 1 aliphatic heterocycles. The SMILES string of the molecule is CCOCC(=O)N1CCN(Cc2nc(-c3cccc(C(F)(F)F)c3)no2)CC1. The summed E-state index contributed by atoms with van der Waals surface area (Å²) in [5.74, 6) is 0.402. The monoisotopic (exact) mass is 398 g/mol. The van der Waals surface area contributed by atoms with Crippen molar-refractivity contribution in [3.05, 3.63) is 35.7 Å². The molecule has 3 rings (SSSR count). The van der Waals surface area contributed by atoms with Crippen molar-refractivity contribution >= 4 is 5.91 Å². The summed E-state index contributed by atoms with van der Waals surface area (Å²) in [5.41, 5.74) is -0.514. The van der Waals surface area contributed by atoms with Gasteiger partial charge in [-0.15, -0.1) is 0 Å². The summed E-state index contributed by atoms with van der Waals surface area (Å²) in [4.78, 5) is 19.9. The summed E-state index contributed by atoms with van der Waals surface area (Å²) >= 11 is 0. The van der Waals surface area contributed by atoms with E-state index in [-0.39, 0.29) is 23.9 Å². The molecule has 28 heavy (non-hydrogen) atoms. The number of piperazine rings is 1. The Labute approximate surface area is 160 Å². The third-order valence-corrected chi connectivity index (χ3v) is 4.43. The van der Waals surface area contributed by atoms with Crippen LogP contribution in [0.5, 0.6) is 0 Å². The smallest absolute Gasteiger partial charge is 0.372 e. The molecule has 1 saturated heterocycles. The molecule has 1 aromatic heterocycles. The third-order valence-electron chi connectivity index (χ3n) is 4.43. The molecule has 1 fully saturated rings. The van der Waals surface area contributed by atoms with Gasteiger partial charge in [0.25, 0.3) is 0 Å². The molecule has 0 bridgehead atoms. The van der Waals surface area contributed by atoms with Gasteiger partial charge in [-0.2, -0.15) is 18.2 Å². The minimum atomic E-state index is -4.43. The van der Waals surface area contributed by atoms with Gasteiger partial charge in [0.15, 0.2) is 0 Å². The van der Waals surface area contributed by atoms with Gasteiger partial charge < -0.3 is 14.2 Å². The van der Waals surface area contributed by atoms with Crippen LogP contribution in [0.15, 0.2) is 28.8 Å². The van der Waals surface area contributed by atoms with Gasteiger partial charge >= 0.3 is 6.18 Å². The zero-order chi connectivity index (χ0) is 20.1. The average Bonchev–Trinajstić information content (AvgIpc) is 3.14. The lowest BCUT2D eigenvalue weighted by Crippen LogP contribution is -2.49. The van der Waals surface area contributed by atoms with Crippen LogP contribution in [0.2, 0.25) is 0 Å². The largest absolute Gasteiger partial charge is 0.416 e. The summed E-state index contributed by atoms with van der Waals surface area (Å²) < 4.78 is 48.9. The maximum absolute atomic E-state index is 12.8. The number of benzene rings is 1. The molecule has 152 valence electrons. The maximum atomic E-state index is 12.8. The van der Waals surface area contributed by atoms with Crippen molar-refractivity contribution in [2.45, 2.75) is 19.6 Å². The van der Waals surface area contributed by atoms with Crippen LogP contribution < -0.4 is 0 Å². The molecule has 1 aliphatic rings. The highest BCUT2D eigenvalue weighted by Crippen LogP contribution is 2.31. The Kier molecular flexibility index (Phi) is 6.30. The van der Waals surface area contributed by atoms with Gasteiger partial charge in [0.05, 0.1) is 12.1 Å². The number of rotatable bonds is 6. The number of hydrogen-bond donors (Lipinski definition) is 0. The molecule has 2 heterocycles. The van der Waals surface area contributed by atoms with E-state index in [0.29, 0.717) is 45.2 Å². The summed E-state index contributed by atoms with van der Waals surface area (Å²) in [6.45, 7) is 5.21. The third kappa shape index (κ3) is 5.08. The fourth-order valence-electron chi connectivity index (χ4n) is 2.90. The molecule has 2 aromatic rings. The molecule has 0 unspecified atom stereocenters. The van der Waals surface area contributed by atoms with Crippen molar-refractivity contribution in [3.8, 4) is 11.4 Å². The van der Waals surface area contributed by atoms with E-state index in [1.807, 2.05) is 11.8 Å². The molecule has 0 saturated carbocycles. The van der Waals surface area contributed by atoms with Crippen LogP contribution in [-0.4, -0.2) is 65.2 Å². The van der Waals surface area contributed by atoms with E-state index in [9.17, 15) is 18.0 Å². The fourth-order valence-corrected chi connectivity index (χ4v) is 2.90. The molecule has 0 N–H and O–H groups in total. The number of amides is 1. The van der Waals surface area contributed by atoms with E-state index >= 15 is 0 Å². The van der Waals surface area contributed by atoms with Crippen LogP contribution in [0.3, 0.4) is 0 Å². The first kappa shape index (κ1) is 20.3. The van der Waals surface area contributed by atoms with Crippen molar-refractivity contribution in [1.82, 2.24) is 19.9 Å². The second-order valence-corrected chi connectivity index (χ2v) is 6.38. The van der Waals surface area contributed by atoms with E-state index in [2.05, 4.69) is 10.1 Å². The van der Waals surface area contributed by atoms with E-state index in [1.54, 1.807) is 4.90 Å². The van der Waals surface area contributed by atoms with Crippen molar-refractivity contribution in [1.29, 1.82) is 0 Å². The number of nitrogens with zero attached hydrogens (tertiary/aromatic N) is 4. The minimum absolute atomic E-state index is 0.0360. The second kappa shape index (κ2) is 8.70. The van der Waals surface area contributed by atoms with Gasteiger partial charge in [-0.3, -0.25) is 9.69 Å². The number of carbonyl (C=O) groups is 1. The topological polar surface area (TPSA) is 71.7 Å². The molecule has 1 aromatic carbocycles. The molecular weight excluding hydrogens is 377 g/mol. The fraction of sp³-hybridized carbons (Fsp3) is 0.500. The molecule has 10 heteroatoms. The Morgan fingerprint density at radius 1 is 1.25 bits per heavy atom. The summed E-state index contributed by atoms with van der Waals surface area (Å²) in [6, 6.07) is 4.81. The summed E-state index contributed by atoms with van der Waals surface area (Å²) in [6.07, 6.45) is -4.43. The second-order valence-electron chi connectivity index (χ2n) is 6.38. The van der Waals surface area contributed by atoms with Gasteiger partial charge in [0, 0.05) is 38.3 Å². The zero-order valence-electron chi connectivity index (χ0n) is 15.4. The lowest BCUT2D eigenvalue weighted by atomic mass is 10.1. The minimum Gasteiger partial charge on any atom is -0.372 e. The standard InChI is InChI=1S/C18H21F3N4O3/c1-2-27-12-16(26)25-8-6-24(7-9-25)11-15-22-17(23-28-15)13-4-3-5-14(10-13)18(19,20)21/h3-5,10H,2,6-9,11-12H2,1H3. The normalized spacial score (nSPS) is 15.8. The first-order chi connectivity index (χ1) is 13.4. The predicted molar refractivity (Wildman–Crippen MR) is 93.1 cm³/mol. The van der Waals surface area contributed by atoms with Crippen molar-refractivity contribution in [3.63, 3.8) is 0 Å². The predicted octanol–water partition coefficient (Wildman–Crippen LogP) is 2.44. The van der Waals surface area contributed by atoms with Crippen LogP contribution in [0.4, 0.5) is 13.2 Å². The molecule has 1 amide bonds. The van der Waals surface area contributed by atoms with Crippen LogP contribution in [0.1, 0.15) is 18.4 Å². The van der Waals surface area contributed by atoms with Gasteiger partial charge in [-0.1, -0.05) is 17.3 Å². The number of alkyl halides is 3. The van der Waals surface area contributed by atoms with Crippen molar-refractivity contribution in [2.24, 2.45) is 0 Å². The van der Waals surface area contributed by atoms with Gasteiger partial charge in [-0.25, -0.2) is 0 Å². The van der Waals surface area contributed by atoms with Gasteiger partial charge in [0.2, 0.25) is 17.6 Å². The molecule has 0 radical (unpaired) electrons. The number of aromatic nitrogens is 2. The Hall–Kier alpha value is -2.46. The Morgan fingerprint density at radius 3 is 2.68 bits per heavy atom. The zero-order valence-corrected chi connectivity index (χ0v) is 15.4. The van der Waals surface area contributed by atoms with E-state index in [4.69, 9.17) is 9.26 Å². The van der Waals surface area contributed by atoms with E-state index < -0.39 is 11.7 Å². The number of hydrogen-bond acceptors (Lipinski definition) is 6. The van der Waals surface area contributed by atoms with Gasteiger partial charge in [-0.05, 0) is 19.1 Å². The van der Waals surface area contributed by atoms with Crippen molar-refractivity contribution < 1.29 is 27.2 Å². The molecular formula is C18H21F3N4O3. The first-order valence-electron chi connectivity index (χ1n) is 8.95. The van der Waals surface area contributed by atoms with E-state index in [0.717, 1.165) is 12.1 Å². The number of ether oxygens (including phenoxy) is 1. The van der Waals surface area contributed by atoms with Crippen LogP contribution in [0, 0.1) is 0 Å². The lowest BCUT2D eigenvalue weighted by Gasteiger charge is -2.33. The highest BCUT2D eigenvalue weighted by Gasteiger charge is 2.31. The Morgan fingerprint density at radius 2 is 2.00 bits per heavy atom. The average molecular weight is 398 g/mol. The maximum Gasteiger partial charge on any atom is 0.416 e. The Bertz CT molecular complexity index is 801. The molecule has 0 atom stereocenters. The lowest BCUT2D eigenvalue weighted by molar-refractivity contribution is -0.138. The number of halogens is 3. The highest BCUT2D eigenvalue weighted by molar-refractivity contribution is 5.77. The van der Waals surface area contributed by atoms with Crippen LogP contribution in [0.25, 0.3) is 11.4 Å². The molecule has 0 spiro atoms. The Balaban J connectivity index is 1.57. The summed E-state index contributed by atoms with van der Waals surface area (Å²) in [5, 5.41) is 3.79. The summed E-state index contributed by atoms with van der Waals surface area (Å²) in [7, 11) is 0. The molecule has 7 nitrogen and oxygen atoms in total. The van der Waals surface area contributed by atoms with Gasteiger partial charge in [0.1, 0.15) is 6.61 Å². The van der Waals surface area contributed by atoms with Crippen molar-refractivity contribution in [2.75, 3.05) is 39.4 Å². The van der Waals surface area contributed by atoms with Crippen LogP contribution in [-0.2, 0) is 22.3 Å². The quantitative estimate of drug-likeness (QED) is 0.744. The van der Waals surface area contributed by atoms with Crippen LogP contribution >= 0.6 is 0 Å². The van der Waals surface area contributed by atoms with E-state index in [1.165, 1.54) is 12.1 Å². The molecule has 0 aliphatic carbocycles.